The van der Waals surface area contributed by atoms with Gasteiger partial charge in [-0.05, 0) is 24.5 Å². The highest BCUT2D eigenvalue weighted by atomic mass is 32.2. The number of rotatable bonds is 3. The maximum Gasteiger partial charge on any atom is 0.240 e. The van der Waals surface area contributed by atoms with Crippen LogP contribution >= 0.6 is 0 Å². The lowest BCUT2D eigenvalue weighted by atomic mass is 10.1. The Morgan fingerprint density at radius 2 is 2.11 bits per heavy atom. The molecule has 96 valence electrons. The van der Waals surface area contributed by atoms with Crippen LogP contribution in [0.3, 0.4) is 0 Å². The number of nitrogens with zero attached hydrogens (tertiary/aromatic N) is 2. The third kappa shape index (κ3) is 2.88. The van der Waals surface area contributed by atoms with Crippen molar-refractivity contribution in [2.45, 2.75) is 18.6 Å². The Balaban J connectivity index is 2.19. The Hall–Kier alpha value is -1.42. The van der Waals surface area contributed by atoms with E-state index in [1.807, 2.05) is 6.07 Å². The standard InChI is InChI=1S/C12H14N2O3S/c13-9-11-5-1-2-6-12(11)10-18(15,16)14-7-3-4-8-17-14/h1-2,5-6H,3-4,7-8,10H2. The van der Waals surface area contributed by atoms with Crippen molar-refractivity contribution >= 4 is 10.0 Å². The molecule has 1 aromatic rings. The van der Waals surface area contributed by atoms with Crippen LogP contribution in [0.15, 0.2) is 24.3 Å². The van der Waals surface area contributed by atoms with E-state index in [9.17, 15) is 8.42 Å². The topological polar surface area (TPSA) is 70.4 Å². The van der Waals surface area contributed by atoms with E-state index in [4.69, 9.17) is 10.1 Å². The van der Waals surface area contributed by atoms with Crippen LogP contribution in [0.1, 0.15) is 24.0 Å². The summed E-state index contributed by atoms with van der Waals surface area (Å²) in [6.45, 7) is 0.816. The fourth-order valence-electron chi connectivity index (χ4n) is 1.82. The monoisotopic (exact) mass is 266 g/mol. The molecule has 1 aromatic carbocycles. The third-order valence-electron chi connectivity index (χ3n) is 2.76. The smallest absolute Gasteiger partial charge is 0.240 e. The van der Waals surface area contributed by atoms with Gasteiger partial charge in [0, 0.05) is 6.54 Å². The maximum absolute atomic E-state index is 12.1. The second kappa shape index (κ2) is 5.48. The zero-order valence-corrected chi connectivity index (χ0v) is 10.7. The predicted octanol–water partition coefficient (Wildman–Crippen LogP) is 1.42. The Labute approximate surface area is 107 Å². The number of sulfonamides is 1. The largest absolute Gasteiger partial charge is 0.284 e. The SMILES string of the molecule is N#Cc1ccccc1CS(=O)(=O)N1CCCCO1. The minimum atomic E-state index is -3.51. The van der Waals surface area contributed by atoms with Crippen LogP contribution in [0.5, 0.6) is 0 Å². The number of nitriles is 1. The first-order chi connectivity index (χ1) is 8.63. The Kier molecular flexibility index (Phi) is 3.97. The molecule has 5 nitrogen and oxygen atoms in total. The van der Waals surface area contributed by atoms with Crippen molar-refractivity contribution in [3.8, 4) is 6.07 Å². The van der Waals surface area contributed by atoms with Crippen LogP contribution in [0, 0.1) is 11.3 Å². The number of benzene rings is 1. The van der Waals surface area contributed by atoms with Gasteiger partial charge in [-0.3, -0.25) is 4.84 Å². The molecule has 1 heterocycles. The molecular formula is C12H14N2O3S. The Morgan fingerprint density at radius 1 is 1.33 bits per heavy atom. The Morgan fingerprint density at radius 3 is 2.78 bits per heavy atom. The highest BCUT2D eigenvalue weighted by Gasteiger charge is 2.26. The van der Waals surface area contributed by atoms with Gasteiger partial charge in [-0.1, -0.05) is 22.7 Å². The van der Waals surface area contributed by atoms with Crippen LogP contribution in [0.4, 0.5) is 0 Å². The zero-order chi connectivity index (χ0) is 13.0. The summed E-state index contributed by atoms with van der Waals surface area (Å²) in [5.41, 5.74) is 0.896. The molecule has 1 fully saturated rings. The fourth-order valence-corrected chi connectivity index (χ4v) is 3.25. The summed E-state index contributed by atoms with van der Waals surface area (Å²) in [6, 6.07) is 8.70. The lowest BCUT2D eigenvalue weighted by Crippen LogP contribution is -2.36. The van der Waals surface area contributed by atoms with Gasteiger partial charge in [0.2, 0.25) is 10.0 Å². The van der Waals surface area contributed by atoms with Crippen molar-refractivity contribution in [2.24, 2.45) is 0 Å². The zero-order valence-electron chi connectivity index (χ0n) is 9.87. The van der Waals surface area contributed by atoms with E-state index in [-0.39, 0.29) is 5.75 Å². The molecule has 0 amide bonds. The van der Waals surface area contributed by atoms with Crippen LogP contribution in [0.2, 0.25) is 0 Å². The third-order valence-corrected chi connectivity index (χ3v) is 4.34. The highest BCUT2D eigenvalue weighted by Crippen LogP contribution is 2.18. The second-order valence-electron chi connectivity index (χ2n) is 4.09. The van der Waals surface area contributed by atoms with Gasteiger partial charge in [-0.15, -0.1) is 0 Å². The lowest BCUT2D eigenvalue weighted by molar-refractivity contribution is -0.109. The molecule has 0 aliphatic carbocycles. The minimum absolute atomic E-state index is 0.198. The lowest BCUT2D eigenvalue weighted by Gasteiger charge is -2.25. The predicted molar refractivity (Wildman–Crippen MR) is 65.7 cm³/mol. The van der Waals surface area contributed by atoms with E-state index in [0.29, 0.717) is 24.3 Å². The van der Waals surface area contributed by atoms with Crippen molar-refractivity contribution in [3.63, 3.8) is 0 Å². The molecule has 1 aliphatic rings. The first-order valence-electron chi connectivity index (χ1n) is 5.75. The first kappa shape index (κ1) is 13.0. The minimum Gasteiger partial charge on any atom is -0.284 e. The quantitative estimate of drug-likeness (QED) is 0.829. The molecular weight excluding hydrogens is 252 g/mol. The average Bonchev–Trinajstić information content (AvgIpc) is 2.40. The molecule has 6 heteroatoms. The van der Waals surface area contributed by atoms with Gasteiger partial charge >= 0.3 is 0 Å². The molecule has 18 heavy (non-hydrogen) atoms. The Bertz CT molecular complexity index is 557. The molecule has 0 atom stereocenters. The summed E-state index contributed by atoms with van der Waals surface area (Å²) >= 11 is 0. The van der Waals surface area contributed by atoms with Gasteiger partial charge in [0.15, 0.2) is 0 Å². The van der Waals surface area contributed by atoms with Crippen LogP contribution in [0.25, 0.3) is 0 Å². The van der Waals surface area contributed by atoms with Crippen molar-refractivity contribution in [3.05, 3.63) is 35.4 Å². The van der Waals surface area contributed by atoms with Crippen molar-refractivity contribution in [2.75, 3.05) is 13.2 Å². The molecule has 0 spiro atoms. The van der Waals surface area contributed by atoms with Gasteiger partial charge in [0.1, 0.15) is 0 Å². The number of hydroxylamine groups is 1. The molecule has 1 aliphatic heterocycles. The first-order valence-corrected chi connectivity index (χ1v) is 7.36. The van der Waals surface area contributed by atoms with Gasteiger partial charge in [-0.2, -0.15) is 5.26 Å². The van der Waals surface area contributed by atoms with Gasteiger partial charge in [0.25, 0.3) is 0 Å². The van der Waals surface area contributed by atoms with E-state index in [1.54, 1.807) is 24.3 Å². The summed E-state index contributed by atoms with van der Waals surface area (Å²) in [5, 5.41) is 8.94. The summed E-state index contributed by atoms with van der Waals surface area (Å²) in [5.74, 6) is -0.198. The maximum atomic E-state index is 12.1. The van der Waals surface area contributed by atoms with Gasteiger partial charge in [-0.25, -0.2) is 8.42 Å². The van der Waals surface area contributed by atoms with Gasteiger partial charge < -0.3 is 0 Å². The van der Waals surface area contributed by atoms with E-state index in [1.165, 1.54) is 0 Å². The van der Waals surface area contributed by atoms with Crippen LogP contribution in [-0.4, -0.2) is 26.0 Å². The summed E-state index contributed by atoms with van der Waals surface area (Å²) in [6.07, 6.45) is 1.68. The van der Waals surface area contributed by atoms with Crippen LogP contribution < -0.4 is 0 Å². The molecule has 0 aromatic heterocycles. The molecule has 0 saturated carbocycles. The van der Waals surface area contributed by atoms with E-state index in [0.717, 1.165) is 17.3 Å². The number of hydrogen-bond donors (Lipinski definition) is 0. The second-order valence-corrected chi connectivity index (χ2v) is 5.95. The van der Waals surface area contributed by atoms with E-state index < -0.39 is 10.0 Å². The van der Waals surface area contributed by atoms with Crippen molar-refractivity contribution in [1.29, 1.82) is 5.26 Å². The van der Waals surface area contributed by atoms with E-state index in [2.05, 4.69) is 0 Å². The molecule has 0 bridgehead atoms. The molecule has 0 radical (unpaired) electrons. The van der Waals surface area contributed by atoms with Crippen LogP contribution in [-0.2, 0) is 20.6 Å². The molecule has 2 rings (SSSR count). The number of hydrogen-bond acceptors (Lipinski definition) is 4. The van der Waals surface area contributed by atoms with Crippen molar-refractivity contribution < 1.29 is 13.3 Å². The van der Waals surface area contributed by atoms with Crippen molar-refractivity contribution in [1.82, 2.24) is 4.47 Å². The van der Waals surface area contributed by atoms with Gasteiger partial charge in [0.05, 0.1) is 24.0 Å². The highest BCUT2D eigenvalue weighted by molar-refractivity contribution is 7.88. The summed E-state index contributed by atoms with van der Waals surface area (Å²) < 4.78 is 25.3. The summed E-state index contributed by atoms with van der Waals surface area (Å²) in [4.78, 5) is 5.15. The molecule has 0 N–H and O–H groups in total. The van der Waals surface area contributed by atoms with E-state index >= 15 is 0 Å². The molecule has 1 saturated heterocycles. The summed E-state index contributed by atoms with van der Waals surface area (Å²) in [7, 11) is -3.51. The fraction of sp³-hybridized carbons (Fsp3) is 0.417. The molecule has 0 unspecified atom stereocenters. The average molecular weight is 266 g/mol. The normalized spacial score (nSPS) is 17.3.